The molecule has 1 amide bonds. The van der Waals surface area contributed by atoms with Gasteiger partial charge < -0.3 is 9.84 Å². The Hall–Kier alpha value is -1.89. The first kappa shape index (κ1) is 15.5. The molecule has 0 fully saturated rings. The Morgan fingerprint density at radius 1 is 1.43 bits per heavy atom. The number of hydrogen-bond acceptors (Lipinski definition) is 6. The van der Waals surface area contributed by atoms with Gasteiger partial charge in [-0.2, -0.15) is 4.98 Å². The minimum Gasteiger partial charge on any atom is -0.355 e. The van der Waals surface area contributed by atoms with E-state index in [1.54, 1.807) is 13.1 Å². The van der Waals surface area contributed by atoms with Crippen LogP contribution in [0.5, 0.6) is 0 Å². The van der Waals surface area contributed by atoms with Crippen molar-refractivity contribution in [3.05, 3.63) is 24.2 Å². The molecular formula is C14H18N4O2S. The summed E-state index contributed by atoms with van der Waals surface area (Å²) in [7, 11) is 0. The predicted octanol–water partition coefficient (Wildman–Crippen LogP) is 2.45. The van der Waals surface area contributed by atoms with E-state index >= 15 is 0 Å². The van der Waals surface area contributed by atoms with Crippen molar-refractivity contribution in [2.45, 2.75) is 31.7 Å². The second-order valence-electron chi connectivity index (χ2n) is 4.52. The van der Waals surface area contributed by atoms with Crippen LogP contribution in [0.1, 0.15) is 25.6 Å². The van der Waals surface area contributed by atoms with Gasteiger partial charge in [-0.1, -0.05) is 30.3 Å². The minimum absolute atomic E-state index is 0.0341. The standard InChI is InChI=1S/C14H18N4O2S/c1-3-4-7-15-12(19)9-21-13-6-5-11(8-16-13)14-17-10(2)18-20-14/h5-6,8H,3-4,7,9H2,1-2H3,(H,15,19). The van der Waals surface area contributed by atoms with E-state index in [0.717, 1.165) is 30.0 Å². The number of amides is 1. The fourth-order valence-electron chi connectivity index (χ4n) is 1.60. The molecule has 0 aliphatic rings. The first-order chi connectivity index (χ1) is 10.2. The lowest BCUT2D eigenvalue weighted by atomic mass is 10.3. The first-order valence-electron chi connectivity index (χ1n) is 6.85. The molecule has 0 aromatic carbocycles. The average molecular weight is 306 g/mol. The fraction of sp³-hybridized carbons (Fsp3) is 0.429. The molecule has 6 nitrogen and oxygen atoms in total. The van der Waals surface area contributed by atoms with Crippen molar-refractivity contribution in [3.63, 3.8) is 0 Å². The minimum atomic E-state index is 0.0341. The Balaban J connectivity index is 1.84. The highest BCUT2D eigenvalue weighted by Crippen LogP contribution is 2.20. The molecule has 0 radical (unpaired) electrons. The van der Waals surface area contributed by atoms with Crippen molar-refractivity contribution in [3.8, 4) is 11.5 Å². The van der Waals surface area contributed by atoms with E-state index in [4.69, 9.17) is 4.52 Å². The molecule has 0 atom stereocenters. The number of aromatic nitrogens is 3. The number of carbonyl (C=O) groups excluding carboxylic acids is 1. The molecule has 0 spiro atoms. The molecule has 2 rings (SSSR count). The number of nitrogens with one attached hydrogen (secondary N) is 1. The third-order valence-corrected chi connectivity index (χ3v) is 3.66. The molecule has 2 aromatic rings. The Morgan fingerprint density at radius 3 is 2.90 bits per heavy atom. The zero-order valence-electron chi connectivity index (χ0n) is 12.1. The van der Waals surface area contributed by atoms with Gasteiger partial charge in [0.2, 0.25) is 5.91 Å². The molecule has 112 valence electrons. The number of pyridine rings is 1. The van der Waals surface area contributed by atoms with Gasteiger partial charge in [-0.25, -0.2) is 4.98 Å². The topological polar surface area (TPSA) is 80.9 Å². The molecule has 0 saturated carbocycles. The molecule has 0 saturated heterocycles. The van der Waals surface area contributed by atoms with Crippen molar-refractivity contribution in [1.29, 1.82) is 0 Å². The van der Waals surface area contributed by atoms with Crippen molar-refractivity contribution < 1.29 is 9.32 Å². The normalized spacial score (nSPS) is 10.6. The summed E-state index contributed by atoms with van der Waals surface area (Å²) in [5, 5.41) is 7.40. The molecule has 1 N–H and O–H groups in total. The fourth-order valence-corrected chi connectivity index (χ4v) is 2.27. The van der Waals surface area contributed by atoms with Gasteiger partial charge in [-0.05, 0) is 25.5 Å². The summed E-state index contributed by atoms with van der Waals surface area (Å²) in [6.07, 6.45) is 3.75. The van der Waals surface area contributed by atoms with Crippen LogP contribution in [-0.4, -0.2) is 33.3 Å². The van der Waals surface area contributed by atoms with Crippen molar-refractivity contribution in [1.82, 2.24) is 20.4 Å². The van der Waals surface area contributed by atoms with Gasteiger partial charge in [0.15, 0.2) is 5.82 Å². The predicted molar refractivity (Wildman–Crippen MR) is 80.9 cm³/mol. The molecule has 0 bridgehead atoms. The van der Waals surface area contributed by atoms with Crippen LogP contribution in [0.3, 0.4) is 0 Å². The van der Waals surface area contributed by atoms with Crippen LogP contribution in [0.2, 0.25) is 0 Å². The monoisotopic (exact) mass is 306 g/mol. The summed E-state index contributed by atoms with van der Waals surface area (Å²) in [4.78, 5) is 20.0. The van der Waals surface area contributed by atoms with Gasteiger partial charge in [0, 0.05) is 12.7 Å². The number of carbonyl (C=O) groups is 1. The van der Waals surface area contributed by atoms with Crippen LogP contribution in [-0.2, 0) is 4.79 Å². The van der Waals surface area contributed by atoms with E-state index < -0.39 is 0 Å². The maximum absolute atomic E-state index is 11.6. The molecular weight excluding hydrogens is 288 g/mol. The highest BCUT2D eigenvalue weighted by atomic mass is 32.2. The van der Waals surface area contributed by atoms with Gasteiger partial charge in [-0.15, -0.1) is 0 Å². The van der Waals surface area contributed by atoms with E-state index in [2.05, 4.69) is 27.4 Å². The Kier molecular flexibility index (Phi) is 5.74. The summed E-state index contributed by atoms with van der Waals surface area (Å²) in [5.41, 5.74) is 0.771. The summed E-state index contributed by atoms with van der Waals surface area (Å²) < 4.78 is 5.07. The van der Waals surface area contributed by atoms with E-state index in [1.165, 1.54) is 11.8 Å². The highest BCUT2D eigenvalue weighted by molar-refractivity contribution is 7.99. The second kappa shape index (κ2) is 7.78. The number of unbranched alkanes of at least 4 members (excludes halogenated alkanes) is 1. The molecule has 21 heavy (non-hydrogen) atoms. The number of aryl methyl sites for hydroxylation is 1. The van der Waals surface area contributed by atoms with Crippen LogP contribution in [0.4, 0.5) is 0 Å². The lowest BCUT2D eigenvalue weighted by Crippen LogP contribution is -2.26. The lowest BCUT2D eigenvalue weighted by molar-refractivity contribution is -0.118. The molecule has 0 aliphatic carbocycles. The summed E-state index contributed by atoms with van der Waals surface area (Å²) in [6.45, 7) is 4.60. The van der Waals surface area contributed by atoms with E-state index in [0.29, 0.717) is 17.5 Å². The number of hydrogen-bond donors (Lipinski definition) is 1. The zero-order chi connectivity index (χ0) is 15.1. The Labute approximate surface area is 127 Å². The van der Waals surface area contributed by atoms with E-state index in [-0.39, 0.29) is 5.91 Å². The van der Waals surface area contributed by atoms with Crippen molar-refractivity contribution in [2.24, 2.45) is 0 Å². The van der Waals surface area contributed by atoms with Gasteiger partial charge in [-0.3, -0.25) is 4.79 Å². The maximum Gasteiger partial charge on any atom is 0.259 e. The molecule has 0 aliphatic heterocycles. The third kappa shape index (κ3) is 4.86. The zero-order valence-corrected chi connectivity index (χ0v) is 12.9. The van der Waals surface area contributed by atoms with Crippen LogP contribution in [0.25, 0.3) is 11.5 Å². The van der Waals surface area contributed by atoms with Crippen LogP contribution >= 0.6 is 11.8 Å². The van der Waals surface area contributed by atoms with Gasteiger partial charge >= 0.3 is 0 Å². The van der Waals surface area contributed by atoms with Gasteiger partial charge in [0.1, 0.15) is 0 Å². The van der Waals surface area contributed by atoms with Crippen LogP contribution < -0.4 is 5.32 Å². The number of rotatable bonds is 7. The summed E-state index contributed by atoms with van der Waals surface area (Å²) in [5.74, 6) is 1.45. The van der Waals surface area contributed by atoms with E-state index in [1.807, 2.05) is 12.1 Å². The van der Waals surface area contributed by atoms with Crippen molar-refractivity contribution >= 4 is 17.7 Å². The average Bonchev–Trinajstić information content (AvgIpc) is 2.92. The van der Waals surface area contributed by atoms with Gasteiger partial charge in [0.25, 0.3) is 5.89 Å². The second-order valence-corrected chi connectivity index (χ2v) is 5.52. The lowest BCUT2D eigenvalue weighted by Gasteiger charge is -2.04. The quantitative estimate of drug-likeness (QED) is 0.625. The smallest absolute Gasteiger partial charge is 0.259 e. The summed E-state index contributed by atoms with van der Waals surface area (Å²) >= 11 is 1.41. The van der Waals surface area contributed by atoms with E-state index in [9.17, 15) is 4.79 Å². The number of thioether (sulfide) groups is 1. The highest BCUT2D eigenvalue weighted by Gasteiger charge is 2.08. The molecule has 0 unspecified atom stereocenters. The van der Waals surface area contributed by atoms with Crippen LogP contribution in [0.15, 0.2) is 27.9 Å². The molecule has 2 heterocycles. The molecule has 7 heteroatoms. The Morgan fingerprint density at radius 2 is 2.29 bits per heavy atom. The first-order valence-corrected chi connectivity index (χ1v) is 7.84. The molecule has 2 aromatic heterocycles. The van der Waals surface area contributed by atoms with Crippen LogP contribution in [0, 0.1) is 6.92 Å². The third-order valence-electron chi connectivity index (χ3n) is 2.71. The largest absolute Gasteiger partial charge is 0.355 e. The number of nitrogens with zero attached hydrogens (tertiary/aromatic N) is 3. The summed E-state index contributed by atoms with van der Waals surface area (Å²) in [6, 6.07) is 3.70. The Bertz CT molecular complexity index is 583. The maximum atomic E-state index is 11.6. The van der Waals surface area contributed by atoms with Gasteiger partial charge in [0.05, 0.1) is 16.3 Å². The van der Waals surface area contributed by atoms with Crippen molar-refractivity contribution in [2.75, 3.05) is 12.3 Å². The SMILES string of the molecule is CCCCNC(=O)CSc1ccc(-c2nc(C)no2)cn1.